The van der Waals surface area contributed by atoms with Gasteiger partial charge in [0.25, 0.3) is 0 Å². The van der Waals surface area contributed by atoms with E-state index in [1.807, 2.05) is 0 Å². The lowest BCUT2D eigenvalue weighted by Gasteiger charge is -2.25. The van der Waals surface area contributed by atoms with Crippen LogP contribution in [0.2, 0.25) is 0 Å². The van der Waals surface area contributed by atoms with Gasteiger partial charge in [0.05, 0.1) is 12.7 Å². The summed E-state index contributed by atoms with van der Waals surface area (Å²) in [6, 6.07) is 0. The van der Waals surface area contributed by atoms with Gasteiger partial charge in [0.15, 0.2) is 6.10 Å². The monoisotopic (exact) mass is 201 g/mol. The molecule has 1 aliphatic rings. The largest absolute Gasteiger partial charge is 0.464 e. The van der Waals surface area contributed by atoms with Crippen molar-refractivity contribution in [3.05, 3.63) is 0 Å². The Morgan fingerprint density at radius 3 is 3.00 bits per heavy atom. The Balaban J connectivity index is 2.24. The summed E-state index contributed by atoms with van der Waals surface area (Å²) in [5.41, 5.74) is 0. The van der Waals surface area contributed by atoms with Crippen LogP contribution in [0, 0.1) is 0 Å². The lowest BCUT2D eigenvalue weighted by Crippen LogP contribution is -2.39. The lowest BCUT2D eigenvalue weighted by molar-refractivity contribution is -0.159. The van der Waals surface area contributed by atoms with Crippen LogP contribution in [0.3, 0.4) is 0 Å². The Bertz CT molecular complexity index is 178. The average molecular weight is 201 g/mol. The van der Waals surface area contributed by atoms with Crippen LogP contribution in [0.5, 0.6) is 0 Å². The minimum absolute atomic E-state index is 0.156. The topological polar surface area (TPSA) is 47.6 Å². The zero-order valence-corrected chi connectivity index (χ0v) is 8.91. The van der Waals surface area contributed by atoms with Crippen molar-refractivity contribution in [3.8, 4) is 0 Å². The van der Waals surface area contributed by atoms with E-state index in [1.54, 1.807) is 13.8 Å². The van der Waals surface area contributed by atoms with Crippen LogP contribution in [0.25, 0.3) is 0 Å². The molecule has 1 saturated heterocycles. The molecule has 4 nitrogen and oxygen atoms in total. The molecule has 14 heavy (non-hydrogen) atoms. The molecular formula is C10H19NO3. The summed E-state index contributed by atoms with van der Waals surface area (Å²) < 4.78 is 10.4. The third-order valence-corrected chi connectivity index (χ3v) is 2.27. The average Bonchev–Trinajstić information content (AvgIpc) is 2.19. The molecule has 0 amide bonds. The van der Waals surface area contributed by atoms with E-state index < -0.39 is 6.10 Å². The fourth-order valence-corrected chi connectivity index (χ4v) is 1.54. The van der Waals surface area contributed by atoms with Crippen molar-refractivity contribution in [2.45, 2.75) is 38.9 Å². The smallest absolute Gasteiger partial charge is 0.334 e. The number of esters is 1. The molecule has 0 aliphatic carbocycles. The number of nitrogens with one attached hydrogen (secondary N) is 1. The molecule has 0 radical (unpaired) electrons. The minimum Gasteiger partial charge on any atom is -0.464 e. The molecule has 1 aliphatic heterocycles. The highest BCUT2D eigenvalue weighted by Crippen LogP contribution is 2.09. The van der Waals surface area contributed by atoms with Crippen molar-refractivity contribution in [1.29, 1.82) is 0 Å². The third kappa shape index (κ3) is 3.64. The predicted octanol–water partition coefficient (Wildman–Crippen LogP) is 0.707. The number of ether oxygens (including phenoxy) is 2. The zero-order chi connectivity index (χ0) is 10.4. The van der Waals surface area contributed by atoms with E-state index in [-0.39, 0.29) is 12.1 Å². The molecular weight excluding hydrogens is 182 g/mol. The quantitative estimate of drug-likeness (QED) is 0.680. The van der Waals surface area contributed by atoms with Gasteiger partial charge in [-0.2, -0.15) is 0 Å². The fourth-order valence-electron chi connectivity index (χ4n) is 1.54. The van der Waals surface area contributed by atoms with Crippen molar-refractivity contribution in [3.63, 3.8) is 0 Å². The summed E-state index contributed by atoms with van der Waals surface area (Å²) >= 11 is 0. The summed E-state index contributed by atoms with van der Waals surface area (Å²) in [4.78, 5) is 11.2. The number of rotatable bonds is 4. The third-order valence-electron chi connectivity index (χ3n) is 2.27. The molecule has 0 aromatic heterocycles. The predicted molar refractivity (Wildman–Crippen MR) is 53.1 cm³/mol. The van der Waals surface area contributed by atoms with Gasteiger partial charge in [0.1, 0.15) is 0 Å². The maximum Gasteiger partial charge on any atom is 0.334 e. The maximum atomic E-state index is 11.2. The standard InChI is InChI=1S/C10H19NO3/c1-3-13-10(12)8(2)14-9-5-4-6-11-7-9/h8-9,11H,3-7H2,1-2H3/t8?,9-/m0/s1. The molecule has 1 rings (SSSR count). The van der Waals surface area contributed by atoms with Crippen molar-refractivity contribution >= 4 is 5.97 Å². The Morgan fingerprint density at radius 2 is 2.43 bits per heavy atom. The molecule has 0 bridgehead atoms. The molecule has 82 valence electrons. The normalized spacial score (nSPS) is 24.3. The molecule has 1 N–H and O–H groups in total. The van der Waals surface area contributed by atoms with Gasteiger partial charge in [-0.15, -0.1) is 0 Å². The highest BCUT2D eigenvalue weighted by molar-refractivity contribution is 5.74. The molecule has 0 aromatic carbocycles. The second-order valence-electron chi connectivity index (χ2n) is 3.50. The van der Waals surface area contributed by atoms with Gasteiger partial charge in [-0.05, 0) is 33.2 Å². The van der Waals surface area contributed by atoms with Gasteiger partial charge in [-0.25, -0.2) is 4.79 Å². The zero-order valence-electron chi connectivity index (χ0n) is 8.91. The Morgan fingerprint density at radius 1 is 1.64 bits per heavy atom. The molecule has 0 aromatic rings. The fraction of sp³-hybridized carbons (Fsp3) is 0.900. The number of carbonyl (C=O) groups is 1. The molecule has 1 fully saturated rings. The summed E-state index contributed by atoms with van der Waals surface area (Å²) in [5.74, 6) is -0.266. The summed E-state index contributed by atoms with van der Waals surface area (Å²) in [6.45, 7) is 5.84. The van der Waals surface area contributed by atoms with Crippen LogP contribution < -0.4 is 5.32 Å². The molecule has 0 spiro atoms. The summed E-state index contributed by atoms with van der Waals surface area (Å²) in [6.07, 6.45) is 1.85. The Kier molecular flexibility index (Phi) is 4.90. The highest BCUT2D eigenvalue weighted by Gasteiger charge is 2.21. The van der Waals surface area contributed by atoms with Gasteiger partial charge in [0, 0.05) is 6.54 Å². The van der Waals surface area contributed by atoms with Crippen LogP contribution >= 0.6 is 0 Å². The van der Waals surface area contributed by atoms with Gasteiger partial charge in [-0.1, -0.05) is 0 Å². The van der Waals surface area contributed by atoms with Crippen molar-refractivity contribution in [2.75, 3.05) is 19.7 Å². The first-order valence-corrected chi connectivity index (χ1v) is 5.27. The minimum atomic E-state index is -0.445. The molecule has 0 saturated carbocycles. The Labute approximate surface area is 85.0 Å². The van der Waals surface area contributed by atoms with Crippen LogP contribution in [0.1, 0.15) is 26.7 Å². The number of carbonyl (C=O) groups excluding carboxylic acids is 1. The Hall–Kier alpha value is -0.610. The van der Waals surface area contributed by atoms with E-state index in [4.69, 9.17) is 9.47 Å². The van der Waals surface area contributed by atoms with Gasteiger partial charge in [0.2, 0.25) is 0 Å². The number of piperidine rings is 1. The summed E-state index contributed by atoms with van der Waals surface area (Å²) in [7, 11) is 0. The second-order valence-corrected chi connectivity index (χ2v) is 3.50. The lowest BCUT2D eigenvalue weighted by atomic mass is 10.1. The first-order valence-electron chi connectivity index (χ1n) is 5.27. The molecule has 1 heterocycles. The number of hydrogen-bond donors (Lipinski definition) is 1. The second kappa shape index (κ2) is 5.98. The highest BCUT2D eigenvalue weighted by atomic mass is 16.6. The summed E-state index contributed by atoms with van der Waals surface area (Å²) in [5, 5.41) is 3.23. The first-order chi connectivity index (χ1) is 6.74. The molecule has 1 unspecified atom stereocenters. The van der Waals surface area contributed by atoms with Crippen LogP contribution in [-0.2, 0) is 14.3 Å². The van der Waals surface area contributed by atoms with Gasteiger partial charge >= 0.3 is 5.97 Å². The van der Waals surface area contributed by atoms with Crippen LogP contribution in [0.4, 0.5) is 0 Å². The molecule has 2 atom stereocenters. The van der Waals surface area contributed by atoms with E-state index in [0.717, 1.165) is 25.9 Å². The van der Waals surface area contributed by atoms with E-state index in [9.17, 15) is 4.79 Å². The van der Waals surface area contributed by atoms with E-state index >= 15 is 0 Å². The van der Waals surface area contributed by atoms with Crippen LogP contribution in [0.15, 0.2) is 0 Å². The first kappa shape index (κ1) is 11.5. The van der Waals surface area contributed by atoms with Gasteiger partial charge in [-0.3, -0.25) is 0 Å². The maximum absolute atomic E-state index is 11.2. The van der Waals surface area contributed by atoms with Crippen molar-refractivity contribution < 1.29 is 14.3 Å². The SMILES string of the molecule is CCOC(=O)C(C)O[C@H]1CCCNC1. The van der Waals surface area contributed by atoms with Crippen molar-refractivity contribution in [1.82, 2.24) is 5.32 Å². The van der Waals surface area contributed by atoms with Crippen LogP contribution in [-0.4, -0.2) is 37.9 Å². The molecule has 4 heteroatoms. The van der Waals surface area contributed by atoms with E-state index in [2.05, 4.69) is 5.32 Å². The van der Waals surface area contributed by atoms with Gasteiger partial charge < -0.3 is 14.8 Å². The number of hydrogen-bond acceptors (Lipinski definition) is 4. The van der Waals surface area contributed by atoms with E-state index in [0.29, 0.717) is 6.61 Å². The van der Waals surface area contributed by atoms with E-state index in [1.165, 1.54) is 0 Å². The van der Waals surface area contributed by atoms with Crippen molar-refractivity contribution in [2.24, 2.45) is 0 Å².